The predicted molar refractivity (Wildman–Crippen MR) is 83.4 cm³/mol. The van der Waals surface area contributed by atoms with Gasteiger partial charge in [0.05, 0.1) is 0 Å². The Bertz CT molecular complexity index is 308. The minimum atomic E-state index is 0.329. The number of hydrogen-bond donors (Lipinski definition) is 1. The van der Waals surface area contributed by atoms with Gasteiger partial charge in [0.15, 0.2) is 5.75 Å². The van der Waals surface area contributed by atoms with Crippen molar-refractivity contribution in [3.63, 3.8) is 0 Å². The Kier molecular flexibility index (Phi) is 10.8. The van der Waals surface area contributed by atoms with Crippen molar-refractivity contribution in [3.05, 3.63) is 35.9 Å². The van der Waals surface area contributed by atoms with Crippen LogP contribution < -0.4 is 5.73 Å². The Balaban J connectivity index is 0.000000659. The fourth-order valence-corrected chi connectivity index (χ4v) is 4.01. The summed E-state index contributed by atoms with van der Waals surface area (Å²) >= 11 is 0. The van der Waals surface area contributed by atoms with Gasteiger partial charge in [-0.3, -0.25) is 4.79 Å². The van der Waals surface area contributed by atoms with E-state index in [0.717, 1.165) is 11.3 Å². The highest BCUT2D eigenvalue weighted by Gasteiger charge is 2.27. The van der Waals surface area contributed by atoms with E-state index in [0.29, 0.717) is 16.7 Å². The van der Waals surface area contributed by atoms with Crippen LogP contribution in [0.2, 0.25) is 0 Å². The molecule has 0 saturated carbocycles. The molecule has 1 aromatic rings. The van der Waals surface area contributed by atoms with Crippen molar-refractivity contribution in [1.29, 1.82) is 0 Å². The number of carbonyl (C=O) groups excluding carboxylic acids is 1. The zero-order chi connectivity index (χ0) is 13.8. The Morgan fingerprint density at radius 1 is 1.11 bits per heavy atom. The lowest BCUT2D eigenvalue weighted by molar-refractivity contribution is 0.102. The Morgan fingerprint density at radius 3 is 2.11 bits per heavy atom. The number of rotatable bonds is 3. The largest absolute Gasteiger partial charge is 0.333 e. The Morgan fingerprint density at radius 2 is 1.61 bits per heavy atom. The number of benzene rings is 1. The van der Waals surface area contributed by atoms with Gasteiger partial charge in [0.1, 0.15) is 11.5 Å². The molecule has 1 saturated heterocycles. The normalized spacial score (nSPS) is 14.0. The number of hydrogen-bond acceptors (Lipinski definition) is 2. The van der Waals surface area contributed by atoms with Gasteiger partial charge < -0.3 is 5.73 Å². The molecular formula is C15H26NOS+. The minimum absolute atomic E-state index is 0.329. The van der Waals surface area contributed by atoms with Crippen LogP contribution in [0.1, 0.15) is 37.0 Å². The molecule has 0 radical (unpaired) electrons. The molecule has 1 heterocycles. The van der Waals surface area contributed by atoms with Crippen LogP contribution in [0.15, 0.2) is 30.3 Å². The molecule has 2 rings (SSSR count). The van der Waals surface area contributed by atoms with Crippen LogP contribution in [0, 0.1) is 0 Å². The number of carbonyl (C=O) groups is 1. The maximum atomic E-state index is 11.8. The molecule has 0 bridgehead atoms. The highest BCUT2D eigenvalue weighted by molar-refractivity contribution is 7.97. The highest BCUT2D eigenvalue weighted by Crippen LogP contribution is 2.15. The monoisotopic (exact) mass is 268 g/mol. The summed E-state index contributed by atoms with van der Waals surface area (Å²) in [5.74, 6) is 3.66. The number of Topliss-reactive ketones (excluding diaryl/α,β-unsaturated/α-hetero) is 1. The third-order valence-corrected chi connectivity index (χ3v) is 4.95. The molecule has 18 heavy (non-hydrogen) atoms. The summed E-state index contributed by atoms with van der Waals surface area (Å²) in [5.41, 5.74) is 5.38. The molecule has 0 unspecified atom stereocenters. The molecule has 0 aromatic heterocycles. The van der Waals surface area contributed by atoms with Gasteiger partial charge in [-0.1, -0.05) is 44.2 Å². The SMILES string of the molecule is CC.CN.O=C(C[S+]1CCCC1)c1ccccc1. The van der Waals surface area contributed by atoms with Crippen molar-refractivity contribution in [2.75, 3.05) is 24.3 Å². The standard InChI is InChI=1S/C12H15OS.C2H6.CH5N/c13-12(10-14-8-4-5-9-14)11-6-2-1-3-7-11;2*1-2/h1-3,6-7H,4-5,8-10H2;1-2H3;2H2,1H3/q+1;;. The van der Waals surface area contributed by atoms with Crippen LogP contribution in [-0.2, 0) is 10.9 Å². The van der Waals surface area contributed by atoms with Gasteiger partial charge in [-0.2, -0.15) is 0 Å². The molecule has 102 valence electrons. The van der Waals surface area contributed by atoms with Crippen LogP contribution in [0.3, 0.4) is 0 Å². The first-order chi connectivity index (χ1) is 8.86. The molecule has 1 fully saturated rings. The molecular weight excluding hydrogens is 242 g/mol. The summed E-state index contributed by atoms with van der Waals surface area (Å²) in [6, 6.07) is 9.66. The van der Waals surface area contributed by atoms with E-state index in [1.807, 2.05) is 44.2 Å². The van der Waals surface area contributed by atoms with E-state index in [-0.39, 0.29) is 0 Å². The zero-order valence-corrected chi connectivity index (χ0v) is 12.6. The van der Waals surface area contributed by atoms with Crippen molar-refractivity contribution in [2.24, 2.45) is 5.73 Å². The van der Waals surface area contributed by atoms with Crippen LogP contribution >= 0.6 is 0 Å². The van der Waals surface area contributed by atoms with E-state index >= 15 is 0 Å². The van der Waals surface area contributed by atoms with E-state index < -0.39 is 0 Å². The average Bonchev–Trinajstić information content (AvgIpc) is 2.97. The summed E-state index contributed by atoms with van der Waals surface area (Å²) in [6.07, 6.45) is 2.65. The van der Waals surface area contributed by atoms with Gasteiger partial charge >= 0.3 is 0 Å². The number of nitrogens with two attached hydrogens (primary N) is 1. The maximum absolute atomic E-state index is 11.8. The fraction of sp³-hybridized carbons (Fsp3) is 0.533. The molecule has 3 heteroatoms. The van der Waals surface area contributed by atoms with E-state index in [1.54, 1.807) is 0 Å². The van der Waals surface area contributed by atoms with Gasteiger partial charge in [-0.05, 0) is 30.8 Å². The first-order valence-corrected chi connectivity index (χ1v) is 8.39. The summed E-state index contributed by atoms with van der Waals surface area (Å²) in [6.45, 7) is 4.00. The van der Waals surface area contributed by atoms with Gasteiger partial charge in [-0.25, -0.2) is 0 Å². The van der Waals surface area contributed by atoms with Crippen LogP contribution in [0.25, 0.3) is 0 Å². The molecule has 1 aliphatic rings. The minimum Gasteiger partial charge on any atom is -0.333 e. The van der Waals surface area contributed by atoms with Gasteiger partial charge in [-0.15, -0.1) is 0 Å². The second-order valence-electron chi connectivity index (χ2n) is 3.66. The van der Waals surface area contributed by atoms with E-state index in [4.69, 9.17) is 0 Å². The lowest BCUT2D eigenvalue weighted by Crippen LogP contribution is -2.17. The molecule has 2 N–H and O–H groups in total. The molecule has 1 aromatic carbocycles. The molecule has 0 aliphatic carbocycles. The predicted octanol–water partition coefficient (Wildman–Crippen LogP) is 2.88. The summed E-state index contributed by atoms with van der Waals surface area (Å²) in [7, 11) is 1.89. The topological polar surface area (TPSA) is 43.1 Å². The average molecular weight is 268 g/mol. The lowest BCUT2D eigenvalue weighted by atomic mass is 10.2. The van der Waals surface area contributed by atoms with Crippen LogP contribution in [0.5, 0.6) is 0 Å². The molecule has 0 spiro atoms. The fourth-order valence-electron chi connectivity index (χ4n) is 1.75. The summed E-state index contributed by atoms with van der Waals surface area (Å²) < 4.78 is 0. The summed E-state index contributed by atoms with van der Waals surface area (Å²) in [5, 5.41) is 0. The lowest BCUT2D eigenvalue weighted by Gasteiger charge is -2.00. The summed E-state index contributed by atoms with van der Waals surface area (Å²) in [4.78, 5) is 11.8. The second kappa shape index (κ2) is 11.3. The second-order valence-corrected chi connectivity index (χ2v) is 5.99. The van der Waals surface area contributed by atoms with Crippen LogP contribution in [0.4, 0.5) is 0 Å². The molecule has 0 amide bonds. The van der Waals surface area contributed by atoms with Crippen molar-refractivity contribution in [1.82, 2.24) is 0 Å². The van der Waals surface area contributed by atoms with Crippen LogP contribution in [-0.4, -0.2) is 30.1 Å². The van der Waals surface area contributed by atoms with Crippen molar-refractivity contribution < 1.29 is 4.79 Å². The third-order valence-electron chi connectivity index (χ3n) is 2.55. The maximum Gasteiger partial charge on any atom is 0.211 e. The Hall–Kier alpha value is -0.800. The van der Waals surface area contributed by atoms with Gasteiger partial charge in [0, 0.05) is 5.56 Å². The first kappa shape index (κ1) is 17.2. The van der Waals surface area contributed by atoms with E-state index in [2.05, 4.69) is 5.73 Å². The number of ketones is 1. The van der Waals surface area contributed by atoms with Gasteiger partial charge in [0.25, 0.3) is 0 Å². The quantitative estimate of drug-likeness (QED) is 0.676. The first-order valence-electron chi connectivity index (χ1n) is 6.66. The van der Waals surface area contributed by atoms with Crippen molar-refractivity contribution in [2.45, 2.75) is 26.7 Å². The Labute approximate surface area is 114 Å². The smallest absolute Gasteiger partial charge is 0.211 e. The van der Waals surface area contributed by atoms with E-state index in [9.17, 15) is 4.79 Å². The van der Waals surface area contributed by atoms with Crippen molar-refractivity contribution in [3.8, 4) is 0 Å². The third kappa shape index (κ3) is 6.22. The van der Waals surface area contributed by atoms with E-state index in [1.165, 1.54) is 31.4 Å². The molecule has 1 aliphatic heterocycles. The van der Waals surface area contributed by atoms with Crippen molar-refractivity contribution >= 4 is 16.7 Å². The van der Waals surface area contributed by atoms with Gasteiger partial charge in [0.2, 0.25) is 5.78 Å². The molecule has 0 atom stereocenters. The molecule has 2 nitrogen and oxygen atoms in total. The zero-order valence-electron chi connectivity index (χ0n) is 11.8. The highest BCUT2D eigenvalue weighted by atomic mass is 32.2.